The van der Waals surface area contributed by atoms with Gasteiger partial charge in [0, 0.05) is 13.1 Å². The van der Waals surface area contributed by atoms with E-state index in [0.29, 0.717) is 13.1 Å². The van der Waals surface area contributed by atoms with Crippen molar-refractivity contribution >= 4 is 0 Å². The van der Waals surface area contributed by atoms with E-state index in [2.05, 4.69) is 11.8 Å². The number of aliphatic hydroxyl groups is 3. The zero-order valence-electron chi connectivity index (χ0n) is 12.3. The van der Waals surface area contributed by atoms with Crippen LogP contribution in [0.2, 0.25) is 0 Å². The molecule has 2 atom stereocenters. The summed E-state index contributed by atoms with van der Waals surface area (Å²) in [6.45, 7) is 4.11. The van der Waals surface area contributed by atoms with E-state index >= 15 is 0 Å². The topological polar surface area (TPSA) is 63.9 Å². The van der Waals surface area contributed by atoms with Crippen LogP contribution in [0, 0.1) is 0 Å². The van der Waals surface area contributed by atoms with Gasteiger partial charge in [-0.05, 0) is 13.0 Å². The smallest absolute Gasteiger partial charge is 0.108 e. The van der Waals surface area contributed by atoms with Crippen LogP contribution < -0.4 is 0 Å². The highest BCUT2D eigenvalue weighted by molar-refractivity contribution is 4.86. The van der Waals surface area contributed by atoms with Gasteiger partial charge in [-0.15, -0.1) is 0 Å². The second-order valence-corrected chi connectivity index (χ2v) is 5.86. The second kappa shape index (κ2) is 9.70. The minimum atomic E-state index is -0.977. The first kappa shape index (κ1) is 16.9. The Balaban J connectivity index is 1.98. The fraction of sp³-hybridized carbons (Fsp3) is 1.00. The standard InChI is InChI=1S/C15H31NO3/c1-2-3-4-5-6-7-8-9-10-16-11-13(17)15(19)14(18)12-16/h13-15,17-19H,2-12H2,1H3/t13-,14-/m1/s1. The fourth-order valence-electron chi connectivity index (χ4n) is 2.73. The summed E-state index contributed by atoms with van der Waals surface area (Å²) in [5.41, 5.74) is 0. The first-order valence-corrected chi connectivity index (χ1v) is 7.91. The minimum absolute atomic E-state index is 0.481. The molecule has 1 fully saturated rings. The van der Waals surface area contributed by atoms with Crippen molar-refractivity contribution in [3.8, 4) is 0 Å². The third kappa shape index (κ3) is 6.70. The van der Waals surface area contributed by atoms with E-state index in [9.17, 15) is 15.3 Å². The Kier molecular flexibility index (Phi) is 8.62. The lowest BCUT2D eigenvalue weighted by atomic mass is 10.0. The molecule has 0 aromatic rings. The molecule has 0 unspecified atom stereocenters. The Bertz CT molecular complexity index is 213. The molecule has 0 aromatic heterocycles. The first-order valence-electron chi connectivity index (χ1n) is 7.91. The number of β-amino-alcohol motifs (C(OH)–C–C–N with tert-alkyl or cyclic N) is 2. The lowest BCUT2D eigenvalue weighted by Crippen LogP contribution is -2.55. The van der Waals surface area contributed by atoms with E-state index in [-0.39, 0.29) is 0 Å². The molecule has 1 aliphatic heterocycles. The van der Waals surface area contributed by atoms with Crippen LogP contribution in [-0.2, 0) is 0 Å². The molecule has 4 heteroatoms. The molecule has 1 saturated heterocycles. The van der Waals surface area contributed by atoms with Crippen molar-refractivity contribution in [2.75, 3.05) is 19.6 Å². The molecular formula is C15H31NO3. The maximum Gasteiger partial charge on any atom is 0.108 e. The largest absolute Gasteiger partial charge is 0.389 e. The Hall–Kier alpha value is -0.160. The summed E-state index contributed by atoms with van der Waals surface area (Å²) in [5.74, 6) is 0. The summed E-state index contributed by atoms with van der Waals surface area (Å²) in [5, 5.41) is 28.6. The van der Waals surface area contributed by atoms with Crippen LogP contribution in [0.5, 0.6) is 0 Å². The number of unbranched alkanes of at least 4 members (excludes halogenated alkanes) is 7. The van der Waals surface area contributed by atoms with Crippen molar-refractivity contribution in [1.29, 1.82) is 0 Å². The quantitative estimate of drug-likeness (QED) is 0.557. The SMILES string of the molecule is CCCCCCCCCCN1C[C@@H](O)C(O)[C@H](O)C1. The second-order valence-electron chi connectivity index (χ2n) is 5.86. The van der Waals surface area contributed by atoms with Gasteiger partial charge in [-0.1, -0.05) is 51.9 Å². The van der Waals surface area contributed by atoms with Crippen molar-refractivity contribution in [3.05, 3.63) is 0 Å². The molecule has 114 valence electrons. The number of hydrogen-bond acceptors (Lipinski definition) is 4. The van der Waals surface area contributed by atoms with Gasteiger partial charge in [-0.2, -0.15) is 0 Å². The van der Waals surface area contributed by atoms with Gasteiger partial charge >= 0.3 is 0 Å². The van der Waals surface area contributed by atoms with Crippen LogP contribution in [0.1, 0.15) is 58.3 Å². The Morgan fingerprint density at radius 3 is 1.79 bits per heavy atom. The van der Waals surface area contributed by atoms with Crippen LogP contribution >= 0.6 is 0 Å². The van der Waals surface area contributed by atoms with E-state index < -0.39 is 18.3 Å². The third-order valence-corrected chi connectivity index (χ3v) is 4.01. The number of nitrogens with zero attached hydrogens (tertiary/aromatic N) is 1. The molecule has 1 heterocycles. The van der Waals surface area contributed by atoms with Gasteiger partial charge < -0.3 is 15.3 Å². The van der Waals surface area contributed by atoms with Gasteiger partial charge in [0.1, 0.15) is 6.10 Å². The highest BCUT2D eigenvalue weighted by Gasteiger charge is 2.32. The zero-order chi connectivity index (χ0) is 14.1. The van der Waals surface area contributed by atoms with E-state index in [1.54, 1.807) is 0 Å². The number of likely N-dealkylation sites (tertiary alicyclic amines) is 1. The van der Waals surface area contributed by atoms with Gasteiger partial charge in [0.05, 0.1) is 12.2 Å². The van der Waals surface area contributed by atoms with Gasteiger partial charge in [-0.25, -0.2) is 0 Å². The molecule has 0 radical (unpaired) electrons. The van der Waals surface area contributed by atoms with E-state index in [1.807, 2.05) is 0 Å². The molecule has 1 aliphatic rings. The van der Waals surface area contributed by atoms with Crippen LogP contribution in [0.25, 0.3) is 0 Å². The molecular weight excluding hydrogens is 242 g/mol. The summed E-state index contributed by atoms with van der Waals surface area (Å²) in [6, 6.07) is 0. The molecule has 19 heavy (non-hydrogen) atoms. The number of rotatable bonds is 9. The Labute approximate surface area is 117 Å². The molecule has 0 aliphatic carbocycles. The lowest BCUT2D eigenvalue weighted by molar-refractivity contribution is -0.109. The van der Waals surface area contributed by atoms with Crippen molar-refractivity contribution in [1.82, 2.24) is 4.90 Å². The van der Waals surface area contributed by atoms with Crippen LogP contribution in [0.4, 0.5) is 0 Å². The van der Waals surface area contributed by atoms with Crippen LogP contribution in [0.3, 0.4) is 0 Å². The van der Waals surface area contributed by atoms with Gasteiger partial charge in [0.15, 0.2) is 0 Å². The summed E-state index contributed by atoms with van der Waals surface area (Å²) >= 11 is 0. The Morgan fingerprint density at radius 1 is 0.789 bits per heavy atom. The predicted molar refractivity (Wildman–Crippen MR) is 77.1 cm³/mol. The zero-order valence-corrected chi connectivity index (χ0v) is 12.3. The average molecular weight is 273 g/mol. The molecule has 3 N–H and O–H groups in total. The molecule has 4 nitrogen and oxygen atoms in total. The highest BCUT2D eigenvalue weighted by Crippen LogP contribution is 2.14. The minimum Gasteiger partial charge on any atom is -0.389 e. The monoisotopic (exact) mass is 273 g/mol. The summed E-state index contributed by atoms with van der Waals surface area (Å²) in [6.07, 6.45) is 7.71. The molecule has 0 amide bonds. The van der Waals surface area contributed by atoms with E-state index in [0.717, 1.165) is 13.0 Å². The number of piperidine rings is 1. The molecule has 0 spiro atoms. The maximum atomic E-state index is 9.59. The fourth-order valence-corrected chi connectivity index (χ4v) is 2.73. The van der Waals surface area contributed by atoms with E-state index in [1.165, 1.54) is 44.9 Å². The van der Waals surface area contributed by atoms with Crippen molar-refractivity contribution in [2.24, 2.45) is 0 Å². The molecule has 0 aromatic carbocycles. The van der Waals surface area contributed by atoms with Crippen LogP contribution in [-0.4, -0.2) is 58.2 Å². The van der Waals surface area contributed by atoms with Gasteiger partial charge in [0.25, 0.3) is 0 Å². The van der Waals surface area contributed by atoms with Gasteiger partial charge in [0.2, 0.25) is 0 Å². The highest BCUT2D eigenvalue weighted by atomic mass is 16.4. The van der Waals surface area contributed by atoms with Crippen molar-refractivity contribution in [2.45, 2.75) is 76.6 Å². The summed E-state index contributed by atoms with van der Waals surface area (Å²) in [7, 11) is 0. The Morgan fingerprint density at radius 2 is 1.26 bits per heavy atom. The van der Waals surface area contributed by atoms with Crippen molar-refractivity contribution in [3.63, 3.8) is 0 Å². The number of hydrogen-bond donors (Lipinski definition) is 3. The van der Waals surface area contributed by atoms with Crippen molar-refractivity contribution < 1.29 is 15.3 Å². The maximum absolute atomic E-state index is 9.59. The van der Waals surface area contributed by atoms with Crippen LogP contribution in [0.15, 0.2) is 0 Å². The van der Waals surface area contributed by atoms with E-state index in [4.69, 9.17) is 0 Å². The summed E-state index contributed by atoms with van der Waals surface area (Å²) in [4.78, 5) is 2.05. The predicted octanol–water partition coefficient (Wildman–Crippen LogP) is 1.53. The molecule has 0 bridgehead atoms. The van der Waals surface area contributed by atoms with Gasteiger partial charge in [-0.3, -0.25) is 4.90 Å². The summed E-state index contributed by atoms with van der Waals surface area (Å²) < 4.78 is 0. The molecule has 1 rings (SSSR count). The first-order chi connectivity index (χ1) is 9.15. The normalized spacial score (nSPS) is 25.9. The average Bonchev–Trinajstić information content (AvgIpc) is 2.39. The molecule has 0 saturated carbocycles. The number of aliphatic hydroxyl groups excluding tert-OH is 3. The lowest BCUT2D eigenvalue weighted by Gasteiger charge is -2.36. The third-order valence-electron chi connectivity index (χ3n) is 4.01.